The molecule has 1 aromatic carbocycles. The molecule has 104 valence electrons. The zero-order valence-electron chi connectivity index (χ0n) is 11.8. The highest BCUT2D eigenvalue weighted by molar-refractivity contribution is 5.71. The molecule has 2 unspecified atom stereocenters. The van der Waals surface area contributed by atoms with Crippen LogP contribution in [0.15, 0.2) is 30.3 Å². The number of hydrogen-bond acceptors (Lipinski definition) is 3. The summed E-state index contributed by atoms with van der Waals surface area (Å²) in [5.74, 6) is -0.212. The smallest absolute Gasteiger partial charge is 0.309 e. The van der Waals surface area contributed by atoms with E-state index in [9.17, 15) is 4.79 Å². The number of rotatable bonds is 4. The van der Waals surface area contributed by atoms with Gasteiger partial charge in [0.25, 0.3) is 0 Å². The predicted octanol–water partition coefficient (Wildman–Crippen LogP) is 3.07. The number of ether oxygens (including phenoxy) is 1. The van der Waals surface area contributed by atoms with Crippen molar-refractivity contribution < 1.29 is 9.53 Å². The van der Waals surface area contributed by atoms with Gasteiger partial charge in [0.1, 0.15) is 6.10 Å². The van der Waals surface area contributed by atoms with Crippen molar-refractivity contribution in [3.63, 3.8) is 0 Å². The quantitative estimate of drug-likeness (QED) is 0.847. The highest BCUT2D eigenvalue weighted by atomic mass is 16.5. The Bertz CT molecular complexity index is 396. The van der Waals surface area contributed by atoms with E-state index in [0.717, 1.165) is 18.5 Å². The number of carbonyl (C=O) groups excluding carboxylic acids is 1. The van der Waals surface area contributed by atoms with E-state index in [1.807, 2.05) is 44.2 Å². The predicted molar refractivity (Wildman–Crippen MR) is 75.8 cm³/mol. The second-order valence-electron chi connectivity index (χ2n) is 5.48. The van der Waals surface area contributed by atoms with Crippen LogP contribution in [0.4, 0.5) is 0 Å². The van der Waals surface area contributed by atoms with E-state index in [2.05, 4.69) is 5.32 Å². The highest BCUT2D eigenvalue weighted by Crippen LogP contribution is 2.27. The molecule has 0 radical (unpaired) electrons. The number of carbonyl (C=O) groups is 1. The van der Waals surface area contributed by atoms with Gasteiger partial charge in [-0.05, 0) is 24.9 Å². The largest absolute Gasteiger partial charge is 0.456 e. The molecule has 2 atom stereocenters. The molecule has 0 bridgehead atoms. The summed E-state index contributed by atoms with van der Waals surface area (Å²) < 4.78 is 5.74. The van der Waals surface area contributed by atoms with Gasteiger partial charge >= 0.3 is 5.97 Å². The third kappa shape index (κ3) is 3.80. The molecule has 0 aliphatic carbocycles. The Balaban J connectivity index is 2.15. The Morgan fingerprint density at radius 2 is 2.00 bits per heavy atom. The molecule has 0 spiro atoms. The van der Waals surface area contributed by atoms with Gasteiger partial charge in [-0.1, -0.05) is 50.6 Å². The standard InChI is InChI=1S/C16H23NO2/c1-12(2)16(18)19-15(13-8-4-3-5-9-13)14-10-6-7-11-17-14/h3-5,8-9,12,14-15,17H,6-7,10-11H2,1-2H3. The minimum atomic E-state index is -0.170. The van der Waals surface area contributed by atoms with Crippen LogP contribution in [-0.4, -0.2) is 18.6 Å². The molecule has 3 heteroatoms. The van der Waals surface area contributed by atoms with Crippen molar-refractivity contribution >= 4 is 5.97 Å². The van der Waals surface area contributed by atoms with E-state index < -0.39 is 0 Å². The first-order valence-electron chi connectivity index (χ1n) is 7.17. The lowest BCUT2D eigenvalue weighted by atomic mass is 9.94. The first kappa shape index (κ1) is 14.1. The van der Waals surface area contributed by atoms with Crippen molar-refractivity contribution in [1.82, 2.24) is 5.32 Å². The molecule has 1 heterocycles. The topological polar surface area (TPSA) is 38.3 Å². The molecular weight excluding hydrogens is 238 g/mol. The van der Waals surface area contributed by atoms with Crippen LogP contribution in [0, 0.1) is 5.92 Å². The fourth-order valence-corrected chi connectivity index (χ4v) is 2.42. The normalized spacial score (nSPS) is 21.1. The second kappa shape index (κ2) is 6.71. The van der Waals surface area contributed by atoms with Gasteiger partial charge in [-0.2, -0.15) is 0 Å². The molecule has 1 saturated heterocycles. The Labute approximate surface area is 115 Å². The number of esters is 1. The Morgan fingerprint density at radius 3 is 2.58 bits per heavy atom. The maximum absolute atomic E-state index is 11.9. The van der Waals surface area contributed by atoms with Crippen molar-refractivity contribution in [3.05, 3.63) is 35.9 Å². The molecule has 0 saturated carbocycles. The lowest BCUT2D eigenvalue weighted by Gasteiger charge is -2.31. The van der Waals surface area contributed by atoms with E-state index >= 15 is 0 Å². The summed E-state index contributed by atoms with van der Waals surface area (Å²) in [4.78, 5) is 11.9. The maximum Gasteiger partial charge on any atom is 0.309 e. The van der Waals surface area contributed by atoms with Gasteiger partial charge < -0.3 is 10.1 Å². The molecule has 3 nitrogen and oxygen atoms in total. The SMILES string of the molecule is CC(C)C(=O)OC(c1ccccc1)C1CCCCN1. The summed E-state index contributed by atoms with van der Waals surface area (Å²) in [6, 6.07) is 10.3. The Morgan fingerprint density at radius 1 is 1.26 bits per heavy atom. The molecule has 1 N–H and O–H groups in total. The third-order valence-electron chi connectivity index (χ3n) is 3.56. The van der Waals surface area contributed by atoms with Crippen molar-refractivity contribution in [1.29, 1.82) is 0 Å². The molecule has 0 amide bonds. The van der Waals surface area contributed by atoms with Crippen LogP contribution in [0.2, 0.25) is 0 Å². The van der Waals surface area contributed by atoms with E-state index in [4.69, 9.17) is 4.74 Å². The molecule has 2 rings (SSSR count). The summed E-state index contributed by atoms with van der Waals surface area (Å²) >= 11 is 0. The van der Waals surface area contributed by atoms with Gasteiger partial charge in [-0.3, -0.25) is 4.79 Å². The fourth-order valence-electron chi connectivity index (χ4n) is 2.42. The van der Waals surface area contributed by atoms with Crippen LogP contribution in [0.25, 0.3) is 0 Å². The van der Waals surface area contributed by atoms with Gasteiger partial charge in [-0.25, -0.2) is 0 Å². The monoisotopic (exact) mass is 261 g/mol. The number of benzene rings is 1. The summed E-state index contributed by atoms with van der Waals surface area (Å²) in [6.45, 7) is 4.75. The van der Waals surface area contributed by atoms with Crippen LogP contribution in [-0.2, 0) is 9.53 Å². The fraction of sp³-hybridized carbons (Fsp3) is 0.562. The third-order valence-corrected chi connectivity index (χ3v) is 3.56. The van der Waals surface area contributed by atoms with Crippen LogP contribution in [0.5, 0.6) is 0 Å². The van der Waals surface area contributed by atoms with Crippen molar-refractivity contribution in [2.75, 3.05) is 6.54 Å². The van der Waals surface area contributed by atoms with Gasteiger partial charge in [0, 0.05) is 6.04 Å². The molecule has 1 aromatic rings. The molecule has 1 aliphatic heterocycles. The van der Waals surface area contributed by atoms with E-state index in [-0.39, 0.29) is 24.0 Å². The minimum absolute atomic E-state index is 0.0881. The van der Waals surface area contributed by atoms with E-state index in [1.54, 1.807) is 0 Å². The summed E-state index contributed by atoms with van der Waals surface area (Å²) in [5, 5.41) is 3.48. The molecule has 19 heavy (non-hydrogen) atoms. The second-order valence-corrected chi connectivity index (χ2v) is 5.48. The average Bonchev–Trinajstić information content (AvgIpc) is 2.46. The van der Waals surface area contributed by atoms with Crippen molar-refractivity contribution in [2.45, 2.75) is 45.3 Å². The molecule has 1 fully saturated rings. The van der Waals surface area contributed by atoms with Gasteiger partial charge in [0.2, 0.25) is 0 Å². The summed E-state index contributed by atoms with van der Waals surface area (Å²) in [7, 11) is 0. The zero-order chi connectivity index (χ0) is 13.7. The summed E-state index contributed by atoms with van der Waals surface area (Å²) in [5.41, 5.74) is 1.08. The summed E-state index contributed by atoms with van der Waals surface area (Å²) in [6.07, 6.45) is 3.29. The van der Waals surface area contributed by atoms with Crippen LogP contribution < -0.4 is 5.32 Å². The highest BCUT2D eigenvalue weighted by Gasteiger charge is 2.28. The van der Waals surface area contributed by atoms with Crippen LogP contribution in [0.3, 0.4) is 0 Å². The first-order valence-corrected chi connectivity index (χ1v) is 7.17. The first-order chi connectivity index (χ1) is 9.18. The van der Waals surface area contributed by atoms with E-state index in [0.29, 0.717) is 0 Å². The molecule has 0 aromatic heterocycles. The number of piperidine rings is 1. The Kier molecular flexibility index (Phi) is 4.97. The minimum Gasteiger partial charge on any atom is -0.456 e. The number of nitrogens with one attached hydrogen (secondary N) is 1. The molecular formula is C16H23NO2. The van der Waals surface area contributed by atoms with Gasteiger partial charge in [0.05, 0.1) is 5.92 Å². The van der Waals surface area contributed by atoms with Crippen LogP contribution in [0.1, 0.15) is 44.8 Å². The van der Waals surface area contributed by atoms with Gasteiger partial charge in [-0.15, -0.1) is 0 Å². The van der Waals surface area contributed by atoms with Gasteiger partial charge in [0.15, 0.2) is 0 Å². The average molecular weight is 261 g/mol. The van der Waals surface area contributed by atoms with Crippen LogP contribution >= 0.6 is 0 Å². The van der Waals surface area contributed by atoms with Crippen molar-refractivity contribution in [2.24, 2.45) is 5.92 Å². The maximum atomic E-state index is 11.9. The Hall–Kier alpha value is -1.35. The number of hydrogen-bond donors (Lipinski definition) is 1. The molecule has 1 aliphatic rings. The lowest BCUT2D eigenvalue weighted by Crippen LogP contribution is -2.40. The van der Waals surface area contributed by atoms with E-state index in [1.165, 1.54) is 12.8 Å². The van der Waals surface area contributed by atoms with Crippen molar-refractivity contribution in [3.8, 4) is 0 Å². The zero-order valence-corrected chi connectivity index (χ0v) is 11.8. The lowest BCUT2D eigenvalue weighted by molar-refractivity contribution is -0.155.